The van der Waals surface area contributed by atoms with E-state index in [0.717, 1.165) is 10.8 Å². The summed E-state index contributed by atoms with van der Waals surface area (Å²) in [5, 5.41) is 2.20. The van der Waals surface area contributed by atoms with Crippen molar-refractivity contribution >= 4 is 16.9 Å². The highest BCUT2D eigenvalue weighted by atomic mass is 16.6. The molecule has 4 heteroatoms. The van der Waals surface area contributed by atoms with Gasteiger partial charge in [0.2, 0.25) is 0 Å². The van der Waals surface area contributed by atoms with Crippen molar-refractivity contribution in [2.24, 2.45) is 0 Å². The lowest BCUT2D eigenvalue weighted by Crippen LogP contribution is -2.42. The smallest absolute Gasteiger partial charge is 0.410 e. The number of ether oxygens (including phenoxy) is 2. The Morgan fingerprint density at radius 3 is 2.58 bits per heavy atom. The van der Waals surface area contributed by atoms with Crippen molar-refractivity contribution in [3.8, 4) is 5.75 Å². The zero-order valence-corrected chi connectivity index (χ0v) is 10.5. The van der Waals surface area contributed by atoms with Crippen molar-refractivity contribution < 1.29 is 14.3 Å². The molecule has 1 aliphatic heterocycles. The zero-order valence-electron chi connectivity index (χ0n) is 10.5. The largest absolute Gasteiger partial charge is 0.415 e. The second-order valence-corrected chi connectivity index (χ2v) is 4.48. The van der Waals surface area contributed by atoms with Crippen LogP contribution in [-0.2, 0) is 4.74 Å². The molecule has 1 saturated heterocycles. The molecule has 3 rings (SSSR count). The minimum absolute atomic E-state index is 0.307. The van der Waals surface area contributed by atoms with Crippen molar-refractivity contribution in [2.45, 2.75) is 0 Å². The van der Waals surface area contributed by atoms with E-state index in [2.05, 4.69) is 0 Å². The Kier molecular flexibility index (Phi) is 3.33. The molecule has 98 valence electrons. The number of carbonyl (C=O) groups excluding carboxylic acids is 1. The second kappa shape index (κ2) is 5.28. The predicted octanol–water partition coefficient (Wildman–Crippen LogP) is 2.67. The fraction of sp³-hybridized carbons (Fsp3) is 0.267. The van der Waals surface area contributed by atoms with Crippen molar-refractivity contribution in [1.29, 1.82) is 0 Å². The number of carbonyl (C=O) groups is 1. The third kappa shape index (κ3) is 2.69. The molecule has 0 aliphatic carbocycles. The first kappa shape index (κ1) is 12.0. The van der Waals surface area contributed by atoms with E-state index in [1.807, 2.05) is 42.5 Å². The van der Waals surface area contributed by atoms with Gasteiger partial charge in [-0.25, -0.2) is 4.79 Å². The van der Waals surface area contributed by atoms with Crippen LogP contribution < -0.4 is 4.74 Å². The maximum Gasteiger partial charge on any atom is 0.415 e. The molecular formula is C15H15NO3. The van der Waals surface area contributed by atoms with Crippen LogP contribution in [0.3, 0.4) is 0 Å². The number of nitrogens with zero attached hydrogens (tertiary/aromatic N) is 1. The fourth-order valence-corrected chi connectivity index (χ4v) is 2.14. The predicted molar refractivity (Wildman–Crippen MR) is 72.4 cm³/mol. The molecule has 0 bridgehead atoms. The van der Waals surface area contributed by atoms with E-state index >= 15 is 0 Å². The van der Waals surface area contributed by atoms with Gasteiger partial charge < -0.3 is 14.4 Å². The van der Waals surface area contributed by atoms with E-state index in [0.29, 0.717) is 32.1 Å². The van der Waals surface area contributed by atoms with Crippen LogP contribution >= 0.6 is 0 Å². The number of hydrogen-bond donors (Lipinski definition) is 0. The third-order valence-electron chi connectivity index (χ3n) is 3.20. The van der Waals surface area contributed by atoms with Crippen LogP contribution in [0.5, 0.6) is 5.75 Å². The highest BCUT2D eigenvalue weighted by Crippen LogP contribution is 2.21. The van der Waals surface area contributed by atoms with Gasteiger partial charge in [0.25, 0.3) is 0 Å². The summed E-state index contributed by atoms with van der Waals surface area (Å²) in [7, 11) is 0. The third-order valence-corrected chi connectivity index (χ3v) is 3.20. The first-order valence-corrected chi connectivity index (χ1v) is 6.36. The van der Waals surface area contributed by atoms with Gasteiger partial charge in [-0.2, -0.15) is 0 Å². The van der Waals surface area contributed by atoms with Crippen molar-refractivity contribution in [3.05, 3.63) is 42.5 Å². The molecule has 2 aromatic rings. The molecule has 0 aromatic heterocycles. The highest BCUT2D eigenvalue weighted by molar-refractivity contribution is 5.84. The number of rotatable bonds is 1. The number of morpholine rings is 1. The first-order chi connectivity index (χ1) is 9.33. The molecule has 0 N–H and O–H groups in total. The molecule has 1 fully saturated rings. The lowest BCUT2D eigenvalue weighted by molar-refractivity contribution is 0.0416. The quantitative estimate of drug-likeness (QED) is 0.788. The van der Waals surface area contributed by atoms with Crippen LogP contribution in [0.25, 0.3) is 10.8 Å². The molecule has 0 radical (unpaired) electrons. The van der Waals surface area contributed by atoms with E-state index in [4.69, 9.17) is 9.47 Å². The van der Waals surface area contributed by atoms with Crippen LogP contribution in [0.15, 0.2) is 42.5 Å². The summed E-state index contributed by atoms with van der Waals surface area (Å²) in [6, 6.07) is 13.6. The summed E-state index contributed by atoms with van der Waals surface area (Å²) in [6.45, 7) is 2.33. The molecule has 2 aromatic carbocycles. The first-order valence-electron chi connectivity index (χ1n) is 6.36. The SMILES string of the molecule is O=C(Oc1ccc2ccccc2c1)N1CCOCC1. The minimum atomic E-state index is -0.307. The summed E-state index contributed by atoms with van der Waals surface area (Å²) in [5.41, 5.74) is 0. The summed E-state index contributed by atoms with van der Waals surface area (Å²) in [4.78, 5) is 13.6. The molecule has 0 unspecified atom stereocenters. The monoisotopic (exact) mass is 257 g/mol. The minimum Gasteiger partial charge on any atom is -0.410 e. The van der Waals surface area contributed by atoms with E-state index in [1.165, 1.54) is 0 Å². The van der Waals surface area contributed by atoms with Crippen LogP contribution in [0, 0.1) is 0 Å². The van der Waals surface area contributed by atoms with Crippen molar-refractivity contribution in [3.63, 3.8) is 0 Å². The van der Waals surface area contributed by atoms with Gasteiger partial charge in [-0.15, -0.1) is 0 Å². The maximum absolute atomic E-state index is 12.0. The van der Waals surface area contributed by atoms with Crippen molar-refractivity contribution in [1.82, 2.24) is 4.90 Å². The molecule has 0 spiro atoms. The summed E-state index contributed by atoms with van der Waals surface area (Å²) < 4.78 is 10.6. The molecule has 1 aliphatic rings. The average Bonchev–Trinajstić information content (AvgIpc) is 2.48. The summed E-state index contributed by atoms with van der Waals surface area (Å²) in [5.74, 6) is 0.579. The highest BCUT2D eigenvalue weighted by Gasteiger charge is 2.18. The second-order valence-electron chi connectivity index (χ2n) is 4.48. The molecule has 0 saturated carbocycles. The lowest BCUT2D eigenvalue weighted by Gasteiger charge is -2.25. The summed E-state index contributed by atoms with van der Waals surface area (Å²) >= 11 is 0. The normalized spacial score (nSPS) is 15.5. The van der Waals surface area contributed by atoms with Gasteiger partial charge in [0, 0.05) is 13.1 Å². The van der Waals surface area contributed by atoms with Gasteiger partial charge in [-0.1, -0.05) is 30.3 Å². The van der Waals surface area contributed by atoms with Gasteiger partial charge in [0.05, 0.1) is 13.2 Å². The topological polar surface area (TPSA) is 38.8 Å². The van der Waals surface area contributed by atoms with Gasteiger partial charge in [-0.05, 0) is 22.9 Å². The fourth-order valence-electron chi connectivity index (χ4n) is 2.14. The van der Waals surface area contributed by atoms with Crippen LogP contribution in [0.2, 0.25) is 0 Å². The number of hydrogen-bond acceptors (Lipinski definition) is 3. The van der Waals surface area contributed by atoms with Gasteiger partial charge in [0.1, 0.15) is 5.75 Å². The molecular weight excluding hydrogens is 242 g/mol. The molecule has 0 atom stereocenters. The van der Waals surface area contributed by atoms with E-state index in [-0.39, 0.29) is 6.09 Å². The summed E-state index contributed by atoms with van der Waals surface area (Å²) in [6.07, 6.45) is -0.307. The van der Waals surface area contributed by atoms with E-state index in [9.17, 15) is 4.79 Å². The molecule has 19 heavy (non-hydrogen) atoms. The number of fused-ring (bicyclic) bond motifs is 1. The Morgan fingerprint density at radius 2 is 1.79 bits per heavy atom. The van der Waals surface area contributed by atoms with Crippen LogP contribution in [0.1, 0.15) is 0 Å². The number of benzene rings is 2. The Morgan fingerprint density at radius 1 is 1.05 bits per heavy atom. The molecule has 1 amide bonds. The lowest BCUT2D eigenvalue weighted by atomic mass is 10.1. The van der Waals surface area contributed by atoms with Crippen LogP contribution in [-0.4, -0.2) is 37.3 Å². The van der Waals surface area contributed by atoms with Crippen LogP contribution in [0.4, 0.5) is 4.79 Å². The Balaban J connectivity index is 1.75. The average molecular weight is 257 g/mol. The van der Waals surface area contributed by atoms with Gasteiger partial charge in [-0.3, -0.25) is 0 Å². The van der Waals surface area contributed by atoms with Crippen molar-refractivity contribution in [2.75, 3.05) is 26.3 Å². The zero-order chi connectivity index (χ0) is 13.1. The standard InChI is InChI=1S/C15H15NO3/c17-15(16-7-9-18-10-8-16)19-14-6-5-12-3-1-2-4-13(12)11-14/h1-6,11H,7-10H2. The van der Waals surface area contributed by atoms with Gasteiger partial charge >= 0.3 is 6.09 Å². The number of amides is 1. The Labute approximate surface area is 111 Å². The maximum atomic E-state index is 12.0. The Bertz CT molecular complexity index is 591. The van der Waals surface area contributed by atoms with E-state index < -0.39 is 0 Å². The molecule has 1 heterocycles. The Hall–Kier alpha value is -2.07. The molecule has 4 nitrogen and oxygen atoms in total. The van der Waals surface area contributed by atoms with E-state index in [1.54, 1.807) is 4.90 Å². The van der Waals surface area contributed by atoms with Gasteiger partial charge in [0.15, 0.2) is 0 Å².